The van der Waals surface area contributed by atoms with Gasteiger partial charge < -0.3 is 4.42 Å². The SMILES string of the molecule is c1ccc(-c2nc(-c3cccc4c3nc(-c3ccccc3)c3ccc5oc6ccccc6c5c34)cc(-c3cccc4sc5ccccc5c34)n2)cc1. The molecule has 7 aromatic carbocycles. The van der Waals surface area contributed by atoms with E-state index in [2.05, 4.69) is 127 Å². The molecule has 242 valence electrons. The van der Waals surface area contributed by atoms with Crippen LogP contribution in [0, 0.1) is 0 Å². The zero-order chi connectivity index (χ0) is 34.2. The molecule has 0 spiro atoms. The molecular weight excluding hydrogens is 655 g/mol. The van der Waals surface area contributed by atoms with Gasteiger partial charge in [0, 0.05) is 69.4 Å². The Morgan fingerprint density at radius 1 is 0.404 bits per heavy atom. The van der Waals surface area contributed by atoms with Crippen LogP contribution < -0.4 is 0 Å². The Bertz CT molecular complexity index is 3180. The van der Waals surface area contributed by atoms with Gasteiger partial charge in [-0.25, -0.2) is 15.0 Å². The maximum atomic E-state index is 6.42. The molecule has 0 aliphatic rings. The van der Waals surface area contributed by atoms with Crippen LogP contribution in [0.15, 0.2) is 168 Å². The lowest BCUT2D eigenvalue weighted by Crippen LogP contribution is -1.98. The van der Waals surface area contributed by atoms with Crippen molar-refractivity contribution in [1.29, 1.82) is 0 Å². The van der Waals surface area contributed by atoms with E-state index in [0.717, 1.165) is 82.9 Å². The van der Waals surface area contributed by atoms with Gasteiger partial charge >= 0.3 is 0 Å². The van der Waals surface area contributed by atoms with Crippen LogP contribution in [0.3, 0.4) is 0 Å². The van der Waals surface area contributed by atoms with Gasteiger partial charge in [0.2, 0.25) is 0 Å². The van der Waals surface area contributed by atoms with E-state index in [1.165, 1.54) is 20.2 Å². The van der Waals surface area contributed by atoms with Gasteiger partial charge in [-0.3, -0.25) is 0 Å². The van der Waals surface area contributed by atoms with Gasteiger partial charge in [-0.15, -0.1) is 11.3 Å². The molecule has 0 saturated carbocycles. The van der Waals surface area contributed by atoms with Crippen LogP contribution in [-0.2, 0) is 0 Å². The van der Waals surface area contributed by atoms with Crippen molar-refractivity contribution in [3.8, 4) is 45.2 Å². The molecule has 11 aromatic rings. The van der Waals surface area contributed by atoms with Crippen LogP contribution >= 0.6 is 11.3 Å². The average Bonchev–Trinajstić information content (AvgIpc) is 3.79. The first-order chi connectivity index (χ1) is 25.8. The Morgan fingerprint density at radius 2 is 1.06 bits per heavy atom. The van der Waals surface area contributed by atoms with E-state index in [1.807, 2.05) is 47.7 Å². The highest BCUT2D eigenvalue weighted by molar-refractivity contribution is 7.25. The van der Waals surface area contributed by atoms with E-state index < -0.39 is 0 Å². The lowest BCUT2D eigenvalue weighted by atomic mass is 9.94. The highest BCUT2D eigenvalue weighted by Gasteiger charge is 2.21. The second-order valence-electron chi connectivity index (χ2n) is 13.1. The van der Waals surface area contributed by atoms with Crippen LogP contribution in [0.2, 0.25) is 0 Å². The van der Waals surface area contributed by atoms with Crippen molar-refractivity contribution < 1.29 is 4.42 Å². The summed E-state index contributed by atoms with van der Waals surface area (Å²) >= 11 is 1.82. The molecule has 11 rings (SSSR count). The van der Waals surface area contributed by atoms with Crippen molar-refractivity contribution in [1.82, 2.24) is 15.0 Å². The van der Waals surface area contributed by atoms with E-state index in [-0.39, 0.29) is 0 Å². The van der Waals surface area contributed by atoms with Crippen molar-refractivity contribution >= 4 is 75.1 Å². The smallest absolute Gasteiger partial charge is 0.160 e. The van der Waals surface area contributed by atoms with Gasteiger partial charge in [-0.05, 0) is 36.4 Å². The summed E-state index contributed by atoms with van der Waals surface area (Å²) in [5.74, 6) is 0.675. The van der Waals surface area contributed by atoms with Crippen LogP contribution in [0.1, 0.15) is 0 Å². The number of benzene rings is 7. The molecule has 52 heavy (non-hydrogen) atoms. The molecular formula is C47H27N3OS. The van der Waals surface area contributed by atoms with Crippen molar-refractivity contribution in [2.45, 2.75) is 0 Å². The number of nitrogens with zero attached hydrogens (tertiary/aromatic N) is 3. The van der Waals surface area contributed by atoms with Gasteiger partial charge in [0.15, 0.2) is 5.82 Å². The second-order valence-corrected chi connectivity index (χ2v) is 14.2. The van der Waals surface area contributed by atoms with E-state index in [1.54, 1.807) is 0 Å². The van der Waals surface area contributed by atoms with Crippen molar-refractivity contribution in [2.75, 3.05) is 0 Å². The van der Waals surface area contributed by atoms with E-state index in [9.17, 15) is 0 Å². The first-order valence-corrected chi connectivity index (χ1v) is 18.2. The number of para-hydroxylation sites is 2. The second kappa shape index (κ2) is 11.4. The predicted octanol–water partition coefficient (Wildman–Crippen LogP) is 13.1. The summed E-state index contributed by atoms with van der Waals surface area (Å²) in [6, 6.07) is 57.0. The number of rotatable bonds is 4. The molecule has 0 amide bonds. The molecule has 0 saturated heterocycles. The number of fused-ring (bicyclic) bond motifs is 10. The third kappa shape index (κ3) is 4.43. The highest BCUT2D eigenvalue weighted by atomic mass is 32.1. The average molecular weight is 682 g/mol. The number of thiophene rings is 1. The fraction of sp³-hybridized carbons (Fsp3) is 0. The van der Waals surface area contributed by atoms with Gasteiger partial charge in [0.25, 0.3) is 0 Å². The largest absolute Gasteiger partial charge is 0.456 e. The molecule has 4 nitrogen and oxygen atoms in total. The molecule has 5 heteroatoms. The third-order valence-electron chi connectivity index (χ3n) is 10.1. The zero-order valence-corrected chi connectivity index (χ0v) is 28.6. The molecule has 0 radical (unpaired) electrons. The summed E-state index contributed by atoms with van der Waals surface area (Å²) in [4.78, 5) is 16.1. The number of furan rings is 1. The molecule has 0 atom stereocenters. The fourth-order valence-electron chi connectivity index (χ4n) is 7.78. The van der Waals surface area contributed by atoms with Crippen LogP contribution in [0.25, 0.3) is 109 Å². The maximum Gasteiger partial charge on any atom is 0.160 e. The van der Waals surface area contributed by atoms with E-state index >= 15 is 0 Å². The zero-order valence-electron chi connectivity index (χ0n) is 27.7. The summed E-state index contributed by atoms with van der Waals surface area (Å²) in [6.45, 7) is 0. The molecule has 0 N–H and O–H groups in total. The van der Waals surface area contributed by atoms with Gasteiger partial charge in [0.1, 0.15) is 11.2 Å². The first-order valence-electron chi connectivity index (χ1n) is 17.4. The lowest BCUT2D eigenvalue weighted by Gasteiger charge is -2.15. The van der Waals surface area contributed by atoms with Crippen molar-refractivity contribution in [3.63, 3.8) is 0 Å². The minimum absolute atomic E-state index is 0.675. The molecule has 0 aliphatic carbocycles. The number of hydrogen-bond acceptors (Lipinski definition) is 5. The fourth-order valence-corrected chi connectivity index (χ4v) is 8.91. The Morgan fingerprint density at radius 3 is 1.90 bits per heavy atom. The van der Waals surface area contributed by atoms with Crippen LogP contribution in [-0.4, -0.2) is 15.0 Å². The molecule has 0 unspecified atom stereocenters. The number of aromatic nitrogens is 3. The summed E-state index contributed by atoms with van der Waals surface area (Å²) in [5, 5.41) is 7.90. The van der Waals surface area contributed by atoms with Gasteiger partial charge in [-0.1, -0.05) is 127 Å². The van der Waals surface area contributed by atoms with Crippen LogP contribution in [0.4, 0.5) is 0 Å². The standard InChI is InChI=1S/C47H27N3OS/c1-3-13-28(14-4-1)45-35-25-26-39-44(32-17-7-9-22-38(32)51-39)43(35)34-21-11-20-31(46(34)50-45)37-27-36(48-47(49-37)29-15-5-2-6-16-29)30-19-12-24-41-42(30)33-18-8-10-23-40(33)52-41/h1-27H. The monoisotopic (exact) mass is 681 g/mol. The Labute approximate surface area is 302 Å². The molecule has 0 bridgehead atoms. The highest BCUT2D eigenvalue weighted by Crippen LogP contribution is 2.44. The van der Waals surface area contributed by atoms with Crippen LogP contribution in [0.5, 0.6) is 0 Å². The number of hydrogen-bond donors (Lipinski definition) is 0. The summed E-state index contributed by atoms with van der Waals surface area (Å²) in [5.41, 5.74) is 9.29. The summed E-state index contributed by atoms with van der Waals surface area (Å²) < 4.78 is 8.92. The van der Waals surface area contributed by atoms with Crippen molar-refractivity contribution in [3.05, 3.63) is 164 Å². The Kier molecular flexibility index (Phi) is 6.39. The first kappa shape index (κ1) is 29.1. The van der Waals surface area contributed by atoms with E-state index in [0.29, 0.717) is 5.82 Å². The molecule has 0 aliphatic heterocycles. The molecule has 0 fully saturated rings. The topological polar surface area (TPSA) is 51.8 Å². The van der Waals surface area contributed by atoms with Gasteiger partial charge in [-0.2, -0.15) is 0 Å². The Hall–Kier alpha value is -6.69. The quantitative estimate of drug-likeness (QED) is 0.174. The Balaban J connectivity index is 1.26. The van der Waals surface area contributed by atoms with Crippen molar-refractivity contribution in [2.24, 2.45) is 0 Å². The minimum atomic E-state index is 0.675. The summed E-state index contributed by atoms with van der Waals surface area (Å²) in [7, 11) is 0. The molecule has 4 aromatic heterocycles. The lowest BCUT2D eigenvalue weighted by molar-refractivity contribution is 0.669. The maximum absolute atomic E-state index is 6.42. The molecule has 4 heterocycles. The normalized spacial score (nSPS) is 11.8. The third-order valence-corrected chi connectivity index (χ3v) is 11.2. The predicted molar refractivity (Wildman–Crippen MR) is 217 cm³/mol. The number of pyridine rings is 1. The summed E-state index contributed by atoms with van der Waals surface area (Å²) in [6.07, 6.45) is 0. The van der Waals surface area contributed by atoms with E-state index in [4.69, 9.17) is 19.4 Å². The minimum Gasteiger partial charge on any atom is -0.456 e. The van der Waals surface area contributed by atoms with Gasteiger partial charge in [0.05, 0.1) is 22.6 Å².